The minimum absolute atomic E-state index is 0.0487. The van der Waals surface area contributed by atoms with Gasteiger partial charge in [0.05, 0.1) is 19.7 Å². The lowest BCUT2D eigenvalue weighted by Crippen LogP contribution is -2.56. The number of urea groups is 1. The first kappa shape index (κ1) is 21.0. The van der Waals surface area contributed by atoms with Gasteiger partial charge in [-0.15, -0.1) is 0 Å². The van der Waals surface area contributed by atoms with Gasteiger partial charge in [0.2, 0.25) is 0 Å². The Morgan fingerprint density at radius 3 is 2.78 bits per heavy atom. The van der Waals surface area contributed by atoms with Gasteiger partial charge in [-0.05, 0) is 12.8 Å². The first-order valence-corrected chi connectivity index (χ1v) is 8.64. The maximum Gasteiger partial charge on any atom is 0.346 e. The van der Waals surface area contributed by atoms with E-state index in [1.54, 1.807) is 0 Å². The molecule has 0 radical (unpaired) electrons. The van der Waals surface area contributed by atoms with Crippen molar-refractivity contribution in [3.8, 4) is 0 Å². The lowest BCUT2D eigenvalue weighted by Gasteiger charge is -2.29. The number of carbonyl (C=O) groups excluding carboxylic acids is 3. The number of hydrogen-bond donors (Lipinski definition) is 5. The van der Waals surface area contributed by atoms with Gasteiger partial charge < -0.3 is 16.5 Å². The Balaban J connectivity index is 1.84. The molecule has 14 nitrogen and oxygen atoms in total. The summed E-state index contributed by atoms with van der Waals surface area (Å²) in [5, 5.41) is 5.49. The van der Waals surface area contributed by atoms with Gasteiger partial charge in [-0.1, -0.05) is 0 Å². The number of rotatable bonds is 7. The maximum atomic E-state index is 12.4. The molecular weight excluding hydrogens is 382 g/mol. The first-order valence-electron chi connectivity index (χ1n) is 7.97. The minimum atomic E-state index is -0.727. The summed E-state index contributed by atoms with van der Waals surface area (Å²) in [6, 6.07) is -1.32. The molecule has 2 bridgehead atoms. The number of hydrazine groups is 2. The summed E-state index contributed by atoms with van der Waals surface area (Å²) >= 11 is 0.670. The minimum Gasteiger partial charge on any atom is -0.324 e. The molecule has 152 valence electrons. The van der Waals surface area contributed by atoms with Crippen LogP contribution in [-0.2, 0) is 18.1 Å². The Morgan fingerprint density at radius 2 is 2.15 bits per heavy atom. The summed E-state index contributed by atoms with van der Waals surface area (Å²) in [5.74, 6) is 9.68. The third-order valence-electron chi connectivity index (χ3n) is 4.11. The monoisotopic (exact) mass is 405 g/mol. The van der Waals surface area contributed by atoms with E-state index in [2.05, 4.69) is 16.0 Å². The fourth-order valence-electron chi connectivity index (χ4n) is 2.81. The number of fused-ring (bicyclic) bond motifs is 2. The van der Waals surface area contributed by atoms with Gasteiger partial charge in [-0.2, -0.15) is 14.4 Å². The van der Waals surface area contributed by atoms with Crippen LogP contribution in [0.2, 0.25) is 0 Å². The molecule has 2 saturated heterocycles. The fraction of sp³-hybridized carbons (Fsp3) is 0.667. The summed E-state index contributed by atoms with van der Waals surface area (Å²) < 4.78 is 9.90. The van der Waals surface area contributed by atoms with Crippen molar-refractivity contribution >= 4 is 36.0 Å². The number of hydrogen-bond acceptors (Lipinski definition) is 10. The van der Waals surface area contributed by atoms with Crippen molar-refractivity contribution in [1.82, 2.24) is 25.8 Å². The van der Waals surface area contributed by atoms with E-state index in [1.807, 2.05) is 0 Å². The van der Waals surface area contributed by atoms with Gasteiger partial charge in [0.15, 0.2) is 18.2 Å². The summed E-state index contributed by atoms with van der Waals surface area (Å²) in [4.78, 5) is 38.0. The molecule has 2 rings (SSSR count). The number of piperidine rings is 1. The number of nitrogens with zero attached hydrogens (tertiary/aromatic N) is 4. The van der Waals surface area contributed by atoms with Crippen molar-refractivity contribution in [2.24, 2.45) is 22.5 Å². The number of hydroxylamine groups is 2. The number of carbonyl (C=O) groups is 3. The van der Waals surface area contributed by atoms with Gasteiger partial charge in [-0.25, -0.2) is 10.6 Å². The fourth-order valence-corrected chi connectivity index (χ4v) is 3.12. The Labute approximate surface area is 159 Å². The van der Waals surface area contributed by atoms with Crippen LogP contribution in [0.3, 0.4) is 0 Å². The molecular formula is C12H23N9O5S. The average Bonchev–Trinajstić information content (AvgIpc) is 2.89. The number of nitrogens with one attached hydrogen (secondary N) is 2. The number of hydrazone groups is 1. The average molecular weight is 405 g/mol. The van der Waals surface area contributed by atoms with Gasteiger partial charge in [0.1, 0.15) is 12.6 Å². The lowest BCUT2D eigenvalue weighted by molar-refractivity contribution is -0.132. The number of nitrogens with two attached hydrogens (primary N) is 3. The van der Waals surface area contributed by atoms with Crippen LogP contribution in [0, 0.1) is 0 Å². The predicted molar refractivity (Wildman–Crippen MR) is 94.3 cm³/mol. The van der Waals surface area contributed by atoms with Crippen molar-refractivity contribution in [2.45, 2.75) is 24.9 Å². The molecule has 2 aliphatic rings. The van der Waals surface area contributed by atoms with E-state index in [0.29, 0.717) is 31.7 Å². The quantitative estimate of drug-likeness (QED) is 0.0954. The molecule has 27 heavy (non-hydrogen) atoms. The highest BCUT2D eigenvalue weighted by atomic mass is 32.2. The zero-order valence-corrected chi connectivity index (χ0v) is 15.5. The van der Waals surface area contributed by atoms with Gasteiger partial charge in [-0.3, -0.25) is 29.6 Å². The maximum absolute atomic E-state index is 12.4. The van der Waals surface area contributed by atoms with Crippen molar-refractivity contribution in [2.75, 3.05) is 26.7 Å². The SMILES string of the molecule is COSON1C(=O)N2CC1CC[C@H]2C(=O)NNC(=O)CN(N)/C(CN)=N\N. The second-order valence-electron chi connectivity index (χ2n) is 5.73. The zero-order chi connectivity index (χ0) is 20.0. The van der Waals surface area contributed by atoms with Gasteiger partial charge in [0, 0.05) is 6.54 Å². The molecule has 2 heterocycles. The third kappa shape index (κ3) is 4.89. The molecule has 0 aromatic heterocycles. The van der Waals surface area contributed by atoms with Crippen LogP contribution >= 0.6 is 12.3 Å². The normalized spacial score (nSPS) is 22.0. The third-order valence-corrected chi connectivity index (χ3v) is 4.46. The van der Waals surface area contributed by atoms with Crippen LogP contribution in [-0.4, -0.2) is 77.5 Å². The predicted octanol–water partition coefficient (Wildman–Crippen LogP) is -3.05. The molecule has 0 aromatic rings. The Morgan fingerprint density at radius 1 is 1.41 bits per heavy atom. The van der Waals surface area contributed by atoms with Crippen LogP contribution in [0.25, 0.3) is 0 Å². The first-order chi connectivity index (χ1) is 12.9. The van der Waals surface area contributed by atoms with Crippen molar-refractivity contribution in [3.05, 3.63) is 0 Å². The van der Waals surface area contributed by atoms with E-state index >= 15 is 0 Å². The number of amides is 4. The molecule has 0 saturated carbocycles. The highest BCUT2D eigenvalue weighted by Gasteiger charge is 2.48. The second-order valence-corrected chi connectivity index (χ2v) is 6.35. The Hall–Kier alpha value is -2.33. The van der Waals surface area contributed by atoms with E-state index in [4.69, 9.17) is 25.9 Å². The Bertz CT molecular complexity index is 606. The molecule has 0 spiro atoms. The second kappa shape index (κ2) is 9.56. The van der Waals surface area contributed by atoms with Gasteiger partial charge >= 0.3 is 6.03 Å². The molecule has 4 amide bonds. The largest absolute Gasteiger partial charge is 0.346 e. The van der Waals surface area contributed by atoms with Crippen LogP contribution in [0.15, 0.2) is 5.10 Å². The Kier molecular flexibility index (Phi) is 7.43. The summed E-state index contributed by atoms with van der Waals surface area (Å²) in [6.07, 6.45) is 0.998. The summed E-state index contributed by atoms with van der Waals surface area (Å²) in [5.41, 5.74) is 9.89. The molecule has 1 unspecified atom stereocenters. The smallest absolute Gasteiger partial charge is 0.324 e. The van der Waals surface area contributed by atoms with Crippen LogP contribution in [0.4, 0.5) is 4.79 Å². The molecule has 15 heteroatoms. The van der Waals surface area contributed by atoms with Crippen molar-refractivity contribution in [3.63, 3.8) is 0 Å². The molecule has 8 N–H and O–H groups in total. The molecule has 2 aliphatic heterocycles. The summed E-state index contributed by atoms with van der Waals surface area (Å²) in [6.45, 7) is -0.0236. The summed E-state index contributed by atoms with van der Waals surface area (Å²) in [7, 11) is 1.41. The highest BCUT2D eigenvalue weighted by Crippen LogP contribution is 2.31. The van der Waals surface area contributed by atoms with E-state index in [9.17, 15) is 14.4 Å². The van der Waals surface area contributed by atoms with Crippen molar-refractivity contribution < 1.29 is 22.9 Å². The molecule has 0 aliphatic carbocycles. The van der Waals surface area contributed by atoms with Gasteiger partial charge in [0.25, 0.3) is 11.8 Å². The van der Waals surface area contributed by atoms with Crippen molar-refractivity contribution in [1.29, 1.82) is 0 Å². The van der Waals surface area contributed by atoms with Crippen LogP contribution in [0.5, 0.6) is 0 Å². The van der Waals surface area contributed by atoms with E-state index in [1.165, 1.54) is 17.1 Å². The van der Waals surface area contributed by atoms with E-state index < -0.39 is 23.9 Å². The van der Waals surface area contributed by atoms with E-state index in [0.717, 1.165) is 5.01 Å². The molecule has 0 aromatic carbocycles. The standard InChI is InChI=1S/C12H23N9O5S/c1-25-27-26-21-7-2-3-8(19(5-7)12(21)24)11(23)18-17-10(22)6-20(15)9(4-13)16-14/h7-8H,2-6,13-15H2,1H3,(H,17,22)(H,18,23)/b16-9-/t7?,8-/m0/s1. The molecule has 2 fully saturated rings. The zero-order valence-electron chi connectivity index (χ0n) is 14.7. The molecule has 2 atom stereocenters. The highest BCUT2D eigenvalue weighted by molar-refractivity contribution is 7.89. The lowest BCUT2D eigenvalue weighted by atomic mass is 10.0. The van der Waals surface area contributed by atoms with E-state index in [-0.39, 0.29) is 25.0 Å². The topological polar surface area (TPSA) is 194 Å². The van der Waals surface area contributed by atoms with Crippen LogP contribution in [0.1, 0.15) is 12.8 Å². The number of amidine groups is 1. The van der Waals surface area contributed by atoms with Crippen LogP contribution < -0.4 is 28.3 Å².